The molecule has 0 saturated carbocycles. The average molecular weight is 262 g/mol. The molecule has 2 aromatic rings. The number of nitrogens with zero attached hydrogens (tertiary/aromatic N) is 3. The van der Waals surface area contributed by atoms with Gasteiger partial charge in [-0.1, -0.05) is 0 Å². The number of hydrogen-bond donors (Lipinski definition) is 1. The number of aryl methyl sites for hydroxylation is 4. The quantitative estimate of drug-likeness (QED) is 0.919. The van der Waals surface area contributed by atoms with Gasteiger partial charge in [0.25, 0.3) is 0 Å². The lowest BCUT2D eigenvalue weighted by Crippen LogP contribution is -2.19. The predicted molar refractivity (Wildman–Crippen MR) is 73.9 cm³/mol. The third-order valence-electron chi connectivity index (χ3n) is 3.63. The summed E-state index contributed by atoms with van der Waals surface area (Å²) in [6.45, 7) is 10.8. The van der Waals surface area contributed by atoms with Gasteiger partial charge in [0.15, 0.2) is 0 Å². The summed E-state index contributed by atoms with van der Waals surface area (Å²) in [4.78, 5) is 4.38. The highest BCUT2D eigenvalue weighted by Gasteiger charge is 2.16. The molecule has 0 radical (unpaired) electrons. The van der Waals surface area contributed by atoms with Crippen LogP contribution in [-0.4, -0.2) is 14.8 Å². The Labute approximate surface area is 114 Å². The summed E-state index contributed by atoms with van der Waals surface area (Å²) in [5.74, 6) is 1.62. The highest BCUT2D eigenvalue weighted by molar-refractivity contribution is 5.27. The zero-order valence-electron chi connectivity index (χ0n) is 12.5. The largest absolute Gasteiger partial charge is 0.444 e. The number of oxazole rings is 1. The fourth-order valence-corrected chi connectivity index (χ4v) is 2.37. The first-order valence-corrected chi connectivity index (χ1v) is 6.56. The smallest absolute Gasteiger partial charge is 0.208 e. The summed E-state index contributed by atoms with van der Waals surface area (Å²) in [6, 6.07) is 0.223. The van der Waals surface area contributed by atoms with E-state index in [0.29, 0.717) is 6.54 Å². The maximum atomic E-state index is 5.57. The van der Waals surface area contributed by atoms with Crippen LogP contribution in [0.1, 0.15) is 47.3 Å². The second-order valence-corrected chi connectivity index (χ2v) is 5.06. The lowest BCUT2D eigenvalue weighted by atomic mass is 10.1. The van der Waals surface area contributed by atoms with Crippen LogP contribution in [0.4, 0.5) is 0 Å². The summed E-state index contributed by atoms with van der Waals surface area (Å²) in [5, 5.41) is 7.88. The zero-order valence-corrected chi connectivity index (χ0v) is 12.5. The Morgan fingerprint density at radius 2 is 1.89 bits per heavy atom. The van der Waals surface area contributed by atoms with Crippen molar-refractivity contribution in [1.82, 2.24) is 20.1 Å². The highest BCUT2D eigenvalue weighted by Crippen LogP contribution is 2.21. The highest BCUT2D eigenvalue weighted by atomic mass is 16.4. The van der Waals surface area contributed by atoms with Crippen LogP contribution in [0.15, 0.2) is 4.42 Å². The predicted octanol–water partition coefficient (Wildman–Crippen LogP) is 2.49. The SMILES string of the molecule is Cc1nc(CNC(C)c2c(C)nn(C)c2C)oc1C. The Morgan fingerprint density at radius 3 is 2.37 bits per heavy atom. The molecule has 19 heavy (non-hydrogen) atoms. The van der Waals surface area contributed by atoms with Crippen molar-refractivity contribution >= 4 is 0 Å². The van der Waals surface area contributed by atoms with Crippen LogP contribution in [0.2, 0.25) is 0 Å². The fourth-order valence-electron chi connectivity index (χ4n) is 2.37. The first kappa shape index (κ1) is 13.8. The minimum atomic E-state index is 0.223. The Kier molecular flexibility index (Phi) is 3.75. The average Bonchev–Trinajstić information content (AvgIpc) is 2.78. The molecule has 0 bridgehead atoms. The van der Waals surface area contributed by atoms with Gasteiger partial charge in [0.1, 0.15) is 5.76 Å². The van der Waals surface area contributed by atoms with E-state index in [0.717, 1.165) is 23.0 Å². The molecule has 0 spiro atoms. The first-order chi connectivity index (χ1) is 8.90. The van der Waals surface area contributed by atoms with Crippen molar-refractivity contribution < 1.29 is 4.42 Å². The molecule has 0 saturated heterocycles. The normalized spacial score (nSPS) is 12.9. The standard InChI is InChI=1S/C14H22N4O/c1-8-12(5)19-13(16-8)7-15-9(2)14-10(3)17-18(6)11(14)4/h9,15H,7H2,1-6H3. The van der Waals surface area contributed by atoms with E-state index < -0.39 is 0 Å². The number of rotatable bonds is 4. The molecule has 1 N–H and O–H groups in total. The molecule has 0 amide bonds. The topological polar surface area (TPSA) is 55.9 Å². The van der Waals surface area contributed by atoms with Gasteiger partial charge in [-0.15, -0.1) is 0 Å². The van der Waals surface area contributed by atoms with Crippen molar-refractivity contribution in [1.29, 1.82) is 0 Å². The van der Waals surface area contributed by atoms with Gasteiger partial charge in [-0.25, -0.2) is 4.98 Å². The van der Waals surface area contributed by atoms with E-state index in [1.807, 2.05) is 32.5 Å². The van der Waals surface area contributed by atoms with E-state index in [9.17, 15) is 0 Å². The van der Waals surface area contributed by atoms with Crippen LogP contribution < -0.4 is 5.32 Å². The van der Waals surface area contributed by atoms with Crippen LogP contribution in [0.3, 0.4) is 0 Å². The summed E-state index contributed by atoms with van der Waals surface area (Å²) in [6.07, 6.45) is 0. The van der Waals surface area contributed by atoms with E-state index in [4.69, 9.17) is 4.42 Å². The second kappa shape index (κ2) is 5.17. The Balaban J connectivity index is 2.07. The van der Waals surface area contributed by atoms with E-state index in [-0.39, 0.29) is 6.04 Å². The van der Waals surface area contributed by atoms with Crippen molar-refractivity contribution in [2.24, 2.45) is 7.05 Å². The molecule has 5 heteroatoms. The molecule has 0 aliphatic rings. The Hall–Kier alpha value is -1.62. The summed E-state index contributed by atoms with van der Waals surface area (Å²) in [7, 11) is 1.97. The molecule has 0 aliphatic heterocycles. The molecule has 0 aliphatic carbocycles. The van der Waals surface area contributed by atoms with Gasteiger partial charge < -0.3 is 9.73 Å². The van der Waals surface area contributed by atoms with Gasteiger partial charge in [0.05, 0.1) is 17.9 Å². The minimum absolute atomic E-state index is 0.223. The van der Waals surface area contributed by atoms with Gasteiger partial charge in [0.2, 0.25) is 5.89 Å². The lowest BCUT2D eigenvalue weighted by Gasteiger charge is -2.13. The van der Waals surface area contributed by atoms with Gasteiger partial charge in [0, 0.05) is 24.3 Å². The van der Waals surface area contributed by atoms with Gasteiger partial charge >= 0.3 is 0 Å². The van der Waals surface area contributed by atoms with Crippen LogP contribution in [0.25, 0.3) is 0 Å². The molecule has 0 fully saturated rings. The second-order valence-electron chi connectivity index (χ2n) is 5.06. The molecule has 1 atom stereocenters. The number of nitrogens with one attached hydrogen (secondary N) is 1. The van der Waals surface area contributed by atoms with E-state index in [1.165, 1.54) is 11.3 Å². The maximum absolute atomic E-state index is 5.57. The van der Waals surface area contributed by atoms with Crippen molar-refractivity contribution in [2.75, 3.05) is 0 Å². The van der Waals surface area contributed by atoms with Crippen LogP contribution in [-0.2, 0) is 13.6 Å². The Bertz CT molecular complexity index is 563. The van der Waals surface area contributed by atoms with Crippen molar-refractivity contribution in [3.63, 3.8) is 0 Å². The molecule has 2 aromatic heterocycles. The summed E-state index contributed by atoms with van der Waals surface area (Å²) >= 11 is 0. The number of aromatic nitrogens is 3. The molecular formula is C14H22N4O. The molecule has 5 nitrogen and oxygen atoms in total. The maximum Gasteiger partial charge on any atom is 0.208 e. The van der Waals surface area contributed by atoms with Gasteiger partial charge in [-0.05, 0) is 34.6 Å². The van der Waals surface area contributed by atoms with Gasteiger partial charge in [-0.3, -0.25) is 4.68 Å². The van der Waals surface area contributed by atoms with Gasteiger partial charge in [-0.2, -0.15) is 5.10 Å². The molecular weight excluding hydrogens is 240 g/mol. The third-order valence-corrected chi connectivity index (χ3v) is 3.63. The molecule has 2 heterocycles. The third kappa shape index (κ3) is 2.71. The van der Waals surface area contributed by atoms with Crippen molar-refractivity contribution in [3.05, 3.63) is 34.3 Å². The monoisotopic (exact) mass is 262 g/mol. The number of hydrogen-bond acceptors (Lipinski definition) is 4. The molecule has 1 unspecified atom stereocenters. The van der Waals surface area contributed by atoms with Crippen LogP contribution >= 0.6 is 0 Å². The van der Waals surface area contributed by atoms with E-state index in [2.05, 4.69) is 29.2 Å². The molecule has 104 valence electrons. The first-order valence-electron chi connectivity index (χ1n) is 6.56. The van der Waals surface area contributed by atoms with E-state index in [1.54, 1.807) is 0 Å². The molecule has 2 rings (SSSR count). The van der Waals surface area contributed by atoms with Crippen molar-refractivity contribution in [2.45, 2.75) is 47.2 Å². The van der Waals surface area contributed by atoms with E-state index >= 15 is 0 Å². The minimum Gasteiger partial charge on any atom is -0.444 e. The Morgan fingerprint density at radius 1 is 1.21 bits per heavy atom. The summed E-state index contributed by atoms with van der Waals surface area (Å²) in [5.41, 5.74) is 4.47. The summed E-state index contributed by atoms with van der Waals surface area (Å²) < 4.78 is 7.49. The van der Waals surface area contributed by atoms with Crippen LogP contribution in [0.5, 0.6) is 0 Å². The van der Waals surface area contributed by atoms with Crippen LogP contribution in [0, 0.1) is 27.7 Å². The lowest BCUT2D eigenvalue weighted by molar-refractivity contribution is 0.431. The zero-order chi connectivity index (χ0) is 14.2. The molecule has 0 aromatic carbocycles. The van der Waals surface area contributed by atoms with Crippen molar-refractivity contribution in [3.8, 4) is 0 Å². The fraction of sp³-hybridized carbons (Fsp3) is 0.571.